The minimum Gasteiger partial charge on any atom is -0.465 e. The van der Waals surface area contributed by atoms with Gasteiger partial charge in [0.1, 0.15) is 5.82 Å². The van der Waals surface area contributed by atoms with Crippen molar-refractivity contribution in [3.63, 3.8) is 0 Å². The maximum Gasteiger partial charge on any atom is 0.337 e. The van der Waals surface area contributed by atoms with Crippen LogP contribution in [0.15, 0.2) is 79.0 Å². The molecule has 2 atom stereocenters. The molecule has 4 rings (SSSR count). The molecule has 1 amide bonds. The Balaban J connectivity index is 1.23. The van der Waals surface area contributed by atoms with Crippen LogP contribution in [0.2, 0.25) is 0 Å². The number of carbonyl (C=O) groups is 2. The van der Waals surface area contributed by atoms with Gasteiger partial charge in [0.05, 0.1) is 25.2 Å². The summed E-state index contributed by atoms with van der Waals surface area (Å²) in [6.07, 6.45) is 2.10. The number of aliphatic hydroxyl groups is 1. The fraction of sp³-hybridized carbons (Fsp3) is 0.303. The average molecular weight is 555 g/mol. The predicted octanol–water partition coefficient (Wildman–Crippen LogP) is 4.39. The fourth-order valence-electron chi connectivity index (χ4n) is 4.80. The molecule has 1 unspecified atom stereocenters. The van der Waals surface area contributed by atoms with Crippen LogP contribution in [0.5, 0.6) is 0 Å². The quantitative estimate of drug-likeness (QED) is 0.224. The number of aliphatic hydroxyl groups excluding tert-OH is 1. The number of nitrogens with zero attached hydrogens (tertiary/aromatic N) is 2. The molecule has 8 nitrogen and oxygen atoms in total. The van der Waals surface area contributed by atoms with Crippen LogP contribution in [0.4, 0.5) is 0 Å². The molecule has 2 heterocycles. The third-order valence-electron chi connectivity index (χ3n) is 7.08. The van der Waals surface area contributed by atoms with E-state index in [0.717, 1.165) is 45.9 Å². The summed E-state index contributed by atoms with van der Waals surface area (Å²) in [5, 5.41) is 17.1. The smallest absolute Gasteiger partial charge is 0.337 e. The molecule has 0 bridgehead atoms. The molecule has 0 aliphatic heterocycles. The lowest BCUT2D eigenvalue weighted by molar-refractivity contribution is -0.120. The number of benzene rings is 2. The largest absolute Gasteiger partial charge is 0.465 e. The average Bonchev–Trinajstić information content (AvgIpc) is 3.32. The number of aryl methyl sites for hydroxylation is 2. The van der Waals surface area contributed by atoms with E-state index >= 15 is 0 Å². The number of esters is 1. The van der Waals surface area contributed by atoms with Gasteiger partial charge < -0.3 is 25.0 Å². The van der Waals surface area contributed by atoms with Crippen molar-refractivity contribution < 1.29 is 19.4 Å². The second kappa shape index (κ2) is 13.9. The molecule has 8 heteroatoms. The number of aromatic nitrogens is 2. The van der Waals surface area contributed by atoms with E-state index in [2.05, 4.69) is 39.2 Å². The highest BCUT2D eigenvalue weighted by Gasteiger charge is 2.13. The van der Waals surface area contributed by atoms with Crippen molar-refractivity contribution in [1.29, 1.82) is 0 Å². The maximum atomic E-state index is 12.5. The molecule has 0 radical (unpaired) electrons. The monoisotopic (exact) mass is 554 g/mol. The van der Waals surface area contributed by atoms with Gasteiger partial charge in [0.25, 0.3) is 0 Å². The van der Waals surface area contributed by atoms with Gasteiger partial charge in [0.2, 0.25) is 5.91 Å². The highest BCUT2D eigenvalue weighted by molar-refractivity contribution is 5.89. The van der Waals surface area contributed by atoms with Crippen LogP contribution in [0.1, 0.15) is 57.0 Å². The third kappa shape index (κ3) is 8.13. The Morgan fingerprint density at radius 2 is 1.66 bits per heavy atom. The summed E-state index contributed by atoms with van der Waals surface area (Å²) in [4.78, 5) is 28.7. The molecule has 0 aliphatic rings. The molecular formula is C33H38N4O4. The van der Waals surface area contributed by atoms with Crippen LogP contribution in [0, 0.1) is 13.8 Å². The molecule has 0 saturated heterocycles. The van der Waals surface area contributed by atoms with E-state index in [0.29, 0.717) is 18.7 Å². The molecule has 0 spiro atoms. The Bertz CT molecular complexity index is 1440. The first kappa shape index (κ1) is 29.7. The summed E-state index contributed by atoms with van der Waals surface area (Å²) in [6, 6.07) is 23.1. The van der Waals surface area contributed by atoms with Gasteiger partial charge in [-0.2, -0.15) is 0 Å². The second-order valence-corrected chi connectivity index (χ2v) is 10.4. The SMILES string of the molecule is COC(=O)c1ccc(CNC(=O)Cc2cccc(CC(C)NC[C@@H](O)c3ccc(-n4c(C)ccc4C)nc3)c2)cc1. The number of hydrogen-bond donors (Lipinski definition) is 3. The van der Waals surface area contributed by atoms with Crippen molar-refractivity contribution in [1.82, 2.24) is 20.2 Å². The zero-order valence-electron chi connectivity index (χ0n) is 24.1. The number of hydrogen-bond acceptors (Lipinski definition) is 6. The predicted molar refractivity (Wildman–Crippen MR) is 159 cm³/mol. The van der Waals surface area contributed by atoms with Crippen LogP contribution < -0.4 is 10.6 Å². The van der Waals surface area contributed by atoms with Gasteiger partial charge in [0, 0.05) is 42.3 Å². The lowest BCUT2D eigenvalue weighted by Crippen LogP contribution is -2.32. The van der Waals surface area contributed by atoms with Crippen molar-refractivity contribution in [3.05, 3.63) is 118 Å². The highest BCUT2D eigenvalue weighted by Crippen LogP contribution is 2.18. The maximum absolute atomic E-state index is 12.5. The van der Waals surface area contributed by atoms with Gasteiger partial charge in [0.15, 0.2) is 0 Å². The van der Waals surface area contributed by atoms with Gasteiger partial charge in [-0.1, -0.05) is 42.5 Å². The number of amides is 1. The molecule has 41 heavy (non-hydrogen) atoms. The summed E-state index contributed by atoms with van der Waals surface area (Å²) in [7, 11) is 1.35. The van der Waals surface area contributed by atoms with E-state index in [9.17, 15) is 14.7 Å². The Morgan fingerprint density at radius 1 is 0.951 bits per heavy atom. The van der Waals surface area contributed by atoms with Crippen LogP contribution in [-0.4, -0.2) is 46.2 Å². The van der Waals surface area contributed by atoms with Crippen molar-refractivity contribution in [2.24, 2.45) is 0 Å². The number of pyridine rings is 1. The van der Waals surface area contributed by atoms with Crippen LogP contribution in [-0.2, 0) is 28.9 Å². The summed E-state index contributed by atoms with van der Waals surface area (Å²) < 4.78 is 6.79. The van der Waals surface area contributed by atoms with Crippen molar-refractivity contribution in [3.8, 4) is 5.82 Å². The van der Waals surface area contributed by atoms with Crippen molar-refractivity contribution >= 4 is 11.9 Å². The first-order valence-electron chi connectivity index (χ1n) is 13.8. The Morgan fingerprint density at radius 3 is 2.32 bits per heavy atom. The molecule has 0 fully saturated rings. The molecule has 3 N–H and O–H groups in total. The van der Waals surface area contributed by atoms with E-state index in [1.807, 2.05) is 50.2 Å². The Hall–Kier alpha value is -4.27. The number of ether oxygens (including phenoxy) is 1. The minimum atomic E-state index is -0.669. The van der Waals surface area contributed by atoms with Crippen molar-refractivity contribution in [2.45, 2.75) is 52.3 Å². The molecule has 0 saturated carbocycles. The summed E-state index contributed by atoms with van der Waals surface area (Å²) in [5.74, 6) is 0.377. The number of rotatable bonds is 12. The molecule has 2 aromatic heterocycles. The van der Waals surface area contributed by atoms with Gasteiger partial charge in [-0.15, -0.1) is 0 Å². The van der Waals surface area contributed by atoms with Crippen LogP contribution >= 0.6 is 0 Å². The molecule has 2 aromatic carbocycles. The first-order chi connectivity index (χ1) is 19.7. The normalized spacial score (nSPS) is 12.5. The number of methoxy groups -OCH3 is 1. The van der Waals surface area contributed by atoms with E-state index in [4.69, 9.17) is 4.74 Å². The zero-order valence-corrected chi connectivity index (χ0v) is 24.1. The fourth-order valence-corrected chi connectivity index (χ4v) is 4.80. The lowest BCUT2D eigenvalue weighted by atomic mass is 10.0. The standard InChI is InChI=1S/C33H38N4O4/c1-22(34-21-30(38)29-14-15-31(35-20-29)37-23(2)8-9-24(37)3)16-26-6-5-7-27(17-26)18-32(39)36-19-25-10-12-28(13-11-25)33(40)41-4/h5-15,17,20,22,30,34,38H,16,18-19,21H2,1-4H3,(H,36,39)/t22?,30-/m1/s1. The first-order valence-corrected chi connectivity index (χ1v) is 13.8. The zero-order chi connectivity index (χ0) is 29.4. The van der Waals surface area contributed by atoms with Gasteiger partial charge in [-0.05, 0) is 74.2 Å². The Kier molecular flexibility index (Phi) is 10.1. The lowest BCUT2D eigenvalue weighted by Gasteiger charge is -2.18. The minimum absolute atomic E-state index is 0.0739. The second-order valence-electron chi connectivity index (χ2n) is 10.4. The van der Waals surface area contributed by atoms with E-state index in [-0.39, 0.29) is 24.3 Å². The van der Waals surface area contributed by atoms with Gasteiger partial charge in [-0.25, -0.2) is 9.78 Å². The van der Waals surface area contributed by atoms with Crippen molar-refractivity contribution in [2.75, 3.05) is 13.7 Å². The van der Waals surface area contributed by atoms with Gasteiger partial charge in [-0.3, -0.25) is 4.79 Å². The highest BCUT2D eigenvalue weighted by atomic mass is 16.5. The van der Waals surface area contributed by atoms with E-state index in [1.165, 1.54) is 7.11 Å². The van der Waals surface area contributed by atoms with Crippen LogP contribution in [0.3, 0.4) is 0 Å². The molecular weight excluding hydrogens is 516 g/mol. The molecule has 4 aromatic rings. The molecule has 0 aliphatic carbocycles. The third-order valence-corrected chi connectivity index (χ3v) is 7.08. The topological polar surface area (TPSA) is 105 Å². The van der Waals surface area contributed by atoms with Gasteiger partial charge >= 0.3 is 5.97 Å². The molecule has 214 valence electrons. The number of carbonyl (C=O) groups excluding carboxylic acids is 2. The summed E-state index contributed by atoms with van der Waals surface area (Å²) in [5.41, 5.74) is 6.43. The Labute approximate surface area is 241 Å². The van der Waals surface area contributed by atoms with E-state index in [1.54, 1.807) is 30.5 Å². The van der Waals surface area contributed by atoms with E-state index < -0.39 is 6.10 Å². The summed E-state index contributed by atoms with van der Waals surface area (Å²) in [6.45, 7) is 6.96. The summed E-state index contributed by atoms with van der Waals surface area (Å²) >= 11 is 0. The van der Waals surface area contributed by atoms with Crippen LogP contribution in [0.25, 0.3) is 5.82 Å². The number of nitrogens with one attached hydrogen (secondary N) is 2.